The van der Waals surface area contributed by atoms with Gasteiger partial charge < -0.3 is 15.5 Å². The van der Waals surface area contributed by atoms with Crippen LogP contribution in [-0.4, -0.2) is 28.8 Å². The van der Waals surface area contributed by atoms with Crippen LogP contribution in [0.3, 0.4) is 0 Å². The number of aliphatic hydroxyl groups is 1. The molecule has 0 saturated carbocycles. The lowest BCUT2D eigenvalue weighted by atomic mass is 10.0. The van der Waals surface area contributed by atoms with Gasteiger partial charge in [-0.3, -0.25) is 0 Å². The molecule has 0 heterocycles. The summed E-state index contributed by atoms with van der Waals surface area (Å²) < 4.78 is 0.760. The van der Waals surface area contributed by atoms with E-state index in [9.17, 15) is 9.90 Å². The molecule has 0 aromatic heterocycles. The standard InChI is InChI=1S/C13H18BrNO3/c1-8(2)12(7-16)15-6-10-4-3-9(13(17)18)5-11(10)14/h3-5,8,12,15-16H,6-7H2,1-2H3,(H,17,18)/t12-/m1/s1. The van der Waals surface area contributed by atoms with Gasteiger partial charge in [0.1, 0.15) is 0 Å². The molecule has 1 rings (SSSR count). The lowest BCUT2D eigenvalue weighted by Crippen LogP contribution is -2.36. The monoisotopic (exact) mass is 315 g/mol. The SMILES string of the molecule is CC(C)[C@@H](CO)NCc1ccc(C(=O)O)cc1Br. The van der Waals surface area contributed by atoms with E-state index in [2.05, 4.69) is 21.2 Å². The topological polar surface area (TPSA) is 69.6 Å². The normalized spacial score (nSPS) is 12.7. The highest BCUT2D eigenvalue weighted by atomic mass is 79.9. The van der Waals surface area contributed by atoms with E-state index in [0.29, 0.717) is 12.5 Å². The second-order valence-corrected chi connectivity index (χ2v) is 5.38. The number of halogens is 1. The van der Waals surface area contributed by atoms with E-state index in [1.807, 2.05) is 13.8 Å². The molecule has 0 aliphatic rings. The molecule has 0 amide bonds. The van der Waals surface area contributed by atoms with Crippen LogP contribution in [0.15, 0.2) is 22.7 Å². The Labute approximate surface area is 115 Å². The van der Waals surface area contributed by atoms with Crippen LogP contribution >= 0.6 is 15.9 Å². The fraction of sp³-hybridized carbons (Fsp3) is 0.462. The Morgan fingerprint density at radius 1 is 1.44 bits per heavy atom. The summed E-state index contributed by atoms with van der Waals surface area (Å²) in [6.45, 7) is 4.75. The van der Waals surface area contributed by atoms with Gasteiger partial charge in [-0.1, -0.05) is 35.8 Å². The number of rotatable bonds is 6. The van der Waals surface area contributed by atoms with Crippen LogP contribution in [0.25, 0.3) is 0 Å². The summed E-state index contributed by atoms with van der Waals surface area (Å²) in [4.78, 5) is 10.8. The van der Waals surface area contributed by atoms with Crippen LogP contribution in [0.4, 0.5) is 0 Å². The predicted molar refractivity (Wildman–Crippen MR) is 73.7 cm³/mol. The number of aliphatic hydroxyl groups excluding tert-OH is 1. The molecule has 1 aromatic rings. The highest BCUT2D eigenvalue weighted by Gasteiger charge is 2.12. The molecular weight excluding hydrogens is 298 g/mol. The van der Waals surface area contributed by atoms with Gasteiger partial charge >= 0.3 is 5.97 Å². The Morgan fingerprint density at radius 3 is 2.56 bits per heavy atom. The van der Waals surface area contributed by atoms with E-state index >= 15 is 0 Å². The fourth-order valence-corrected chi connectivity index (χ4v) is 2.09. The highest BCUT2D eigenvalue weighted by molar-refractivity contribution is 9.10. The zero-order valence-electron chi connectivity index (χ0n) is 10.5. The molecule has 18 heavy (non-hydrogen) atoms. The van der Waals surface area contributed by atoms with Crippen molar-refractivity contribution in [1.29, 1.82) is 0 Å². The lowest BCUT2D eigenvalue weighted by Gasteiger charge is -2.20. The molecule has 100 valence electrons. The summed E-state index contributed by atoms with van der Waals surface area (Å²) >= 11 is 3.36. The van der Waals surface area contributed by atoms with Crippen molar-refractivity contribution in [2.24, 2.45) is 5.92 Å². The van der Waals surface area contributed by atoms with Crippen molar-refractivity contribution in [2.75, 3.05) is 6.61 Å². The first-order valence-corrected chi connectivity index (χ1v) is 6.61. The molecule has 4 nitrogen and oxygen atoms in total. The molecule has 0 fully saturated rings. The summed E-state index contributed by atoms with van der Waals surface area (Å²) in [5.74, 6) is -0.599. The average molecular weight is 316 g/mol. The molecule has 1 atom stereocenters. The minimum Gasteiger partial charge on any atom is -0.478 e. The maximum absolute atomic E-state index is 10.8. The average Bonchev–Trinajstić information content (AvgIpc) is 2.30. The van der Waals surface area contributed by atoms with Gasteiger partial charge in [0.15, 0.2) is 0 Å². The molecule has 3 N–H and O–H groups in total. The third-order valence-electron chi connectivity index (χ3n) is 2.86. The van der Waals surface area contributed by atoms with Gasteiger partial charge in [-0.15, -0.1) is 0 Å². The summed E-state index contributed by atoms with van der Waals surface area (Å²) in [5.41, 5.74) is 1.23. The van der Waals surface area contributed by atoms with E-state index in [0.717, 1.165) is 10.0 Å². The number of hydrogen-bond acceptors (Lipinski definition) is 3. The maximum atomic E-state index is 10.8. The summed E-state index contributed by atoms with van der Waals surface area (Å²) in [6.07, 6.45) is 0. The van der Waals surface area contributed by atoms with Gasteiger partial charge in [0.2, 0.25) is 0 Å². The van der Waals surface area contributed by atoms with Crippen LogP contribution in [0.5, 0.6) is 0 Å². The molecule has 0 aliphatic heterocycles. The zero-order valence-corrected chi connectivity index (χ0v) is 12.1. The number of nitrogens with one attached hydrogen (secondary N) is 1. The van der Waals surface area contributed by atoms with Crippen LogP contribution < -0.4 is 5.32 Å². The van der Waals surface area contributed by atoms with E-state index < -0.39 is 5.97 Å². The predicted octanol–water partition coefficient (Wildman–Crippen LogP) is 2.25. The molecule has 0 bridgehead atoms. The van der Waals surface area contributed by atoms with E-state index in [-0.39, 0.29) is 18.2 Å². The minimum absolute atomic E-state index is 0.0380. The van der Waals surface area contributed by atoms with Crippen molar-refractivity contribution in [3.63, 3.8) is 0 Å². The number of hydrogen-bond donors (Lipinski definition) is 3. The molecule has 0 spiro atoms. The quantitative estimate of drug-likeness (QED) is 0.753. The number of aromatic carboxylic acids is 1. The third-order valence-corrected chi connectivity index (χ3v) is 3.59. The van der Waals surface area contributed by atoms with E-state index in [1.54, 1.807) is 18.2 Å². The summed E-state index contributed by atoms with van der Waals surface area (Å²) in [6, 6.07) is 4.97. The van der Waals surface area contributed by atoms with Gasteiger partial charge in [0, 0.05) is 17.1 Å². The molecule has 0 aliphatic carbocycles. The lowest BCUT2D eigenvalue weighted by molar-refractivity contribution is 0.0697. The Bertz CT molecular complexity index is 421. The Hall–Kier alpha value is -0.910. The largest absolute Gasteiger partial charge is 0.478 e. The third kappa shape index (κ3) is 4.08. The van der Waals surface area contributed by atoms with Gasteiger partial charge in [0.05, 0.1) is 12.2 Å². The smallest absolute Gasteiger partial charge is 0.335 e. The van der Waals surface area contributed by atoms with Crippen molar-refractivity contribution in [1.82, 2.24) is 5.32 Å². The first kappa shape index (κ1) is 15.1. The number of carboxylic acids is 1. The van der Waals surface area contributed by atoms with Crippen LogP contribution in [0.2, 0.25) is 0 Å². The molecule has 1 aromatic carbocycles. The first-order chi connectivity index (χ1) is 8.45. The summed E-state index contributed by atoms with van der Waals surface area (Å²) in [5, 5.41) is 21.3. The van der Waals surface area contributed by atoms with Crippen molar-refractivity contribution in [2.45, 2.75) is 26.4 Å². The van der Waals surface area contributed by atoms with Crippen LogP contribution in [-0.2, 0) is 6.54 Å². The van der Waals surface area contributed by atoms with E-state index in [4.69, 9.17) is 5.11 Å². The Kier molecular flexibility index (Phi) is 5.78. The molecular formula is C13H18BrNO3. The molecule has 5 heteroatoms. The number of carboxylic acid groups (broad SMARTS) is 1. The summed E-state index contributed by atoms with van der Waals surface area (Å²) in [7, 11) is 0. The number of benzene rings is 1. The Balaban J connectivity index is 2.71. The number of carbonyl (C=O) groups is 1. The van der Waals surface area contributed by atoms with Gasteiger partial charge in [-0.2, -0.15) is 0 Å². The highest BCUT2D eigenvalue weighted by Crippen LogP contribution is 2.19. The van der Waals surface area contributed by atoms with Gasteiger partial charge in [0.25, 0.3) is 0 Å². The van der Waals surface area contributed by atoms with Crippen LogP contribution in [0, 0.1) is 5.92 Å². The first-order valence-electron chi connectivity index (χ1n) is 5.81. The molecule has 0 radical (unpaired) electrons. The van der Waals surface area contributed by atoms with Gasteiger partial charge in [-0.25, -0.2) is 4.79 Å². The van der Waals surface area contributed by atoms with Crippen molar-refractivity contribution in [3.8, 4) is 0 Å². The second-order valence-electron chi connectivity index (χ2n) is 4.53. The second kappa shape index (κ2) is 6.87. The van der Waals surface area contributed by atoms with Crippen molar-refractivity contribution in [3.05, 3.63) is 33.8 Å². The van der Waals surface area contributed by atoms with Crippen molar-refractivity contribution < 1.29 is 15.0 Å². The van der Waals surface area contributed by atoms with E-state index in [1.165, 1.54) is 0 Å². The molecule has 0 saturated heterocycles. The minimum atomic E-state index is -0.939. The fourth-order valence-electron chi connectivity index (χ4n) is 1.58. The zero-order chi connectivity index (χ0) is 13.7. The van der Waals surface area contributed by atoms with Crippen molar-refractivity contribution >= 4 is 21.9 Å². The molecule has 0 unspecified atom stereocenters. The van der Waals surface area contributed by atoms with Gasteiger partial charge in [-0.05, 0) is 23.6 Å². The van der Waals surface area contributed by atoms with Crippen LogP contribution in [0.1, 0.15) is 29.8 Å². The Morgan fingerprint density at radius 2 is 2.11 bits per heavy atom. The maximum Gasteiger partial charge on any atom is 0.335 e.